The summed E-state index contributed by atoms with van der Waals surface area (Å²) in [7, 11) is 0. The number of ether oxygens (including phenoxy) is 1. The van der Waals surface area contributed by atoms with Crippen molar-refractivity contribution in [1.82, 2.24) is 10.3 Å². The molecule has 1 fully saturated rings. The number of carbonyl (C=O) groups is 1. The number of aromatic nitrogens is 1. The fraction of sp³-hybridized carbons (Fsp3) is 0.571. The van der Waals surface area contributed by atoms with Crippen molar-refractivity contribution in [1.29, 1.82) is 0 Å². The fourth-order valence-corrected chi connectivity index (χ4v) is 2.08. The molecule has 0 aliphatic carbocycles. The van der Waals surface area contributed by atoms with E-state index >= 15 is 0 Å². The molecule has 1 aromatic rings. The van der Waals surface area contributed by atoms with Crippen LogP contribution in [0.25, 0.3) is 0 Å². The van der Waals surface area contributed by atoms with Gasteiger partial charge in [-0.2, -0.15) is 0 Å². The summed E-state index contributed by atoms with van der Waals surface area (Å²) >= 11 is 0. The Kier molecular flexibility index (Phi) is 5.76. The molecular weight excluding hydrogens is 256 g/mol. The van der Waals surface area contributed by atoms with Crippen LogP contribution in [0.5, 0.6) is 0 Å². The molecular formula is C14H22N4O2. The standard InChI is InChI=1S/C14H22N4O2/c1-2-20-10-5-14(19)17-13-4-3-12(11-16-13)18-8-6-15-7-9-18/h3-4,11,15H,2,5-10H2,1H3,(H,16,17,19). The third kappa shape index (κ3) is 4.47. The van der Waals surface area contributed by atoms with Gasteiger partial charge in [0, 0.05) is 32.8 Å². The molecule has 2 rings (SSSR count). The summed E-state index contributed by atoms with van der Waals surface area (Å²) in [5.74, 6) is 0.520. The van der Waals surface area contributed by atoms with Gasteiger partial charge in [0.25, 0.3) is 0 Å². The van der Waals surface area contributed by atoms with Gasteiger partial charge in [-0.05, 0) is 19.1 Å². The molecule has 0 atom stereocenters. The highest BCUT2D eigenvalue weighted by atomic mass is 16.5. The number of rotatable bonds is 6. The van der Waals surface area contributed by atoms with Crippen LogP contribution in [0.4, 0.5) is 11.5 Å². The zero-order valence-corrected chi connectivity index (χ0v) is 11.9. The minimum absolute atomic E-state index is 0.0686. The maximum atomic E-state index is 11.6. The summed E-state index contributed by atoms with van der Waals surface area (Å²) in [5.41, 5.74) is 1.10. The second-order valence-corrected chi connectivity index (χ2v) is 4.63. The van der Waals surface area contributed by atoms with E-state index in [4.69, 9.17) is 4.74 Å². The number of pyridine rings is 1. The highest BCUT2D eigenvalue weighted by molar-refractivity contribution is 5.89. The van der Waals surface area contributed by atoms with Crippen LogP contribution < -0.4 is 15.5 Å². The Balaban J connectivity index is 1.83. The average molecular weight is 278 g/mol. The Morgan fingerprint density at radius 2 is 2.25 bits per heavy atom. The van der Waals surface area contributed by atoms with Gasteiger partial charge in [0.2, 0.25) is 5.91 Å². The topological polar surface area (TPSA) is 66.5 Å². The third-order valence-corrected chi connectivity index (χ3v) is 3.18. The summed E-state index contributed by atoms with van der Waals surface area (Å²) in [6, 6.07) is 3.84. The first-order chi connectivity index (χ1) is 9.79. The monoisotopic (exact) mass is 278 g/mol. The zero-order chi connectivity index (χ0) is 14.2. The van der Waals surface area contributed by atoms with Gasteiger partial charge in [0.1, 0.15) is 5.82 Å². The fourth-order valence-electron chi connectivity index (χ4n) is 2.08. The number of nitrogens with one attached hydrogen (secondary N) is 2. The smallest absolute Gasteiger partial charge is 0.227 e. The quantitative estimate of drug-likeness (QED) is 0.755. The largest absolute Gasteiger partial charge is 0.381 e. The van der Waals surface area contributed by atoms with Gasteiger partial charge in [-0.25, -0.2) is 4.98 Å². The number of hydrogen-bond donors (Lipinski definition) is 2. The van der Waals surface area contributed by atoms with Crippen LogP contribution >= 0.6 is 0 Å². The predicted octanol–water partition coefficient (Wildman–Crippen LogP) is 0.856. The minimum atomic E-state index is -0.0686. The molecule has 0 unspecified atom stereocenters. The maximum Gasteiger partial charge on any atom is 0.227 e. The first-order valence-corrected chi connectivity index (χ1v) is 7.09. The van der Waals surface area contributed by atoms with E-state index in [1.165, 1.54) is 0 Å². The normalized spacial score (nSPS) is 15.2. The van der Waals surface area contributed by atoms with Crippen molar-refractivity contribution in [2.24, 2.45) is 0 Å². The Labute approximate surface area is 119 Å². The molecule has 0 spiro atoms. The Bertz CT molecular complexity index is 416. The summed E-state index contributed by atoms with van der Waals surface area (Å²) in [5, 5.41) is 6.09. The van der Waals surface area contributed by atoms with Crippen LogP contribution in [-0.4, -0.2) is 50.3 Å². The van der Waals surface area contributed by atoms with E-state index in [2.05, 4.69) is 20.5 Å². The predicted molar refractivity (Wildman–Crippen MR) is 79.1 cm³/mol. The van der Waals surface area contributed by atoms with Crippen LogP contribution in [0.2, 0.25) is 0 Å². The van der Waals surface area contributed by atoms with Crippen molar-refractivity contribution in [2.75, 3.05) is 49.6 Å². The molecule has 0 bridgehead atoms. The van der Waals surface area contributed by atoms with E-state index in [1.54, 1.807) is 0 Å². The molecule has 1 amide bonds. The molecule has 6 heteroatoms. The van der Waals surface area contributed by atoms with Gasteiger partial charge in [0.15, 0.2) is 0 Å². The molecule has 110 valence electrons. The van der Waals surface area contributed by atoms with Crippen molar-refractivity contribution in [3.05, 3.63) is 18.3 Å². The molecule has 1 aromatic heterocycles. The Hall–Kier alpha value is -1.66. The molecule has 0 saturated carbocycles. The molecule has 6 nitrogen and oxygen atoms in total. The lowest BCUT2D eigenvalue weighted by atomic mass is 10.3. The van der Waals surface area contributed by atoms with Gasteiger partial charge >= 0.3 is 0 Å². The molecule has 20 heavy (non-hydrogen) atoms. The van der Waals surface area contributed by atoms with Crippen LogP contribution in [0.3, 0.4) is 0 Å². The van der Waals surface area contributed by atoms with E-state index in [1.807, 2.05) is 25.3 Å². The number of amides is 1. The molecule has 0 aromatic carbocycles. The van der Waals surface area contributed by atoms with Gasteiger partial charge in [-0.3, -0.25) is 4.79 Å². The summed E-state index contributed by atoms with van der Waals surface area (Å²) < 4.78 is 5.15. The van der Waals surface area contributed by atoms with Crippen molar-refractivity contribution in [2.45, 2.75) is 13.3 Å². The van der Waals surface area contributed by atoms with Gasteiger partial charge < -0.3 is 20.3 Å². The van der Waals surface area contributed by atoms with Crippen molar-refractivity contribution >= 4 is 17.4 Å². The molecule has 2 N–H and O–H groups in total. The summed E-state index contributed by atoms with van der Waals surface area (Å²) in [6.07, 6.45) is 2.17. The summed E-state index contributed by atoms with van der Waals surface area (Å²) in [6.45, 7) is 6.95. The molecule has 0 radical (unpaired) electrons. The number of nitrogens with zero attached hydrogens (tertiary/aromatic N) is 2. The first kappa shape index (κ1) is 14.7. The average Bonchev–Trinajstić information content (AvgIpc) is 2.49. The molecule has 1 saturated heterocycles. The van der Waals surface area contributed by atoms with Gasteiger partial charge in [-0.1, -0.05) is 0 Å². The number of piperazine rings is 1. The number of carbonyl (C=O) groups excluding carboxylic acids is 1. The number of anilines is 2. The van der Waals surface area contributed by atoms with Crippen LogP contribution in [0, 0.1) is 0 Å². The van der Waals surface area contributed by atoms with Crippen LogP contribution in [0.15, 0.2) is 18.3 Å². The highest BCUT2D eigenvalue weighted by Gasteiger charge is 2.11. The van der Waals surface area contributed by atoms with Gasteiger partial charge in [0.05, 0.1) is 24.9 Å². The van der Waals surface area contributed by atoms with Gasteiger partial charge in [-0.15, -0.1) is 0 Å². The first-order valence-electron chi connectivity index (χ1n) is 7.09. The Morgan fingerprint density at radius 3 is 2.90 bits per heavy atom. The Morgan fingerprint density at radius 1 is 1.45 bits per heavy atom. The lowest BCUT2D eigenvalue weighted by Gasteiger charge is -2.29. The molecule has 1 aliphatic rings. The molecule has 2 heterocycles. The SMILES string of the molecule is CCOCCC(=O)Nc1ccc(N2CCNCC2)cn1. The highest BCUT2D eigenvalue weighted by Crippen LogP contribution is 2.15. The minimum Gasteiger partial charge on any atom is -0.381 e. The van der Waals surface area contributed by atoms with Crippen LogP contribution in [0.1, 0.15) is 13.3 Å². The lowest BCUT2D eigenvalue weighted by Crippen LogP contribution is -2.43. The van der Waals surface area contributed by atoms with E-state index in [0.717, 1.165) is 31.9 Å². The van der Waals surface area contributed by atoms with E-state index in [-0.39, 0.29) is 5.91 Å². The van der Waals surface area contributed by atoms with E-state index < -0.39 is 0 Å². The second-order valence-electron chi connectivity index (χ2n) is 4.63. The third-order valence-electron chi connectivity index (χ3n) is 3.18. The van der Waals surface area contributed by atoms with Crippen molar-refractivity contribution in [3.63, 3.8) is 0 Å². The lowest BCUT2D eigenvalue weighted by molar-refractivity contribution is -0.117. The zero-order valence-electron chi connectivity index (χ0n) is 11.9. The van der Waals surface area contributed by atoms with E-state index in [9.17, 15) is 4.79 Å². The maximum absolute atomic E-state index is 11.6. The molecule has 1 aliphatic heterocycles. The van der Waals surface area contributed by atoms with Crippen molar-refractivity contribution < 1.29 is 9.53 Å². The summed E-state index contributed by atoms with van der Waals surface area (Å²) in [4.78, 5) is 18.2. The van der Waals surface area contributed by atoms with Crippen molar-refractivity contribution in [3.8, 4) is 0 Å². The number of hydrogen-bond acceptors (Lipinski definition) is 5. The van der Waals surface area contributed by atoms with Crippen LogP contribution in [-0.2, 0) is 9.53 Å². The van der Waals surface area contributed by atoms with E-state index in [0.29, 0.717) is 25.5 Å². The second kappa shape index (κ2) is 7.81.